The van der Waals surface area contributed by atoms with E-state index in [4.69, 9.17) is 11.6 Å². The molecule has 0 aliphatic rings. The van der Waals surface area contributed by atoms with Gasteiger partial charge in [0, 0.05) is 22.3 Å². The minimum Gasteiger partial charge on any atom is -0.310 e. The third kappa shape index (κ3) is 3.05. The summed E-state index contributed by atoms with van der Waals surface area (Å²) in [6.45, 7) is 10.2. The minimum atomic E-state index is 0.319. The van der Waals surface area contributed by atoms with Crippen LogP contribution in [0.4, 0.5) is 0 Å². The molecule has 1 N–H and O–H groups in total. The van der Waals surface area contributed by atoms with Crippen LogP contribution >= 0.6 is 11.6 Å². The Labute approximate surface area is 126 Å². The molecule has 0 saturated carbocycles. The van der Waals surface area contributed by atoms with Gasteiger partial charge in [-0.05, 0) is 38.9 Å². The van der Waals surface area contributed by atoms with E-state index in [1.54, 1.807) is 0 Å². The van der Waals surface area contributed by atoms with Crippen molar-refractivity contribution in [2.45, 2.75) is 40.3 Å². The number of halogens is 1. The van der Waals surface area contributed by atoms with E-state index in [0.717, 1.165) is 22.8 Å². The first-order valence-corrected chi connectivity index (χ1v) is 7.43. The second-order valence-corrected chi connectivity index (χ2v) is 5.52. The maximum atomic E-state index is 6.23. The molecule has 1 atom stereocenters. The van der Waals surface area contributed by atoms with Crippen LogP contribution in [-0.4, -0.2) is 16.3 Å². The summed E-state index contributed by atoms with van der Waals surface area (Å²) in [5, 5.41) is 8.91. The van der Waals surface area contributed by atoms with Gasteiger partial charge in [-0.25, -0.2) is 0 Å². The van der Waals surface area contributed by atoms with Crippen molar-refractivity contribution in [1.82, 2.24) is 15.1 Å². The summed E-state index contributed by atoms with van der Waals surface area (Å²) in [7, 11) is 0. The third-order valence-corrected chi connectivity index (χ3v) is 4.03. The molecule has 108 valence electrons. The average molecular weight is 292 g/mol. The van der Waals surface area contributed by atoms with E-state index in [1.165, 1.54) is 11.3 Å². The lowest BCUT2D eigenvalue weighted by molar-refractivity contribution is 0.589. The standard InChI is InChI=1S/C16H22ClN3/c1-5-18-11(2)16-12(3)19-20(13(16)4)10-14-8-6-7-9-15(14)17/h6-9,11,18H,5,10H2,1-4H3. The molecule has 0 bridgehead atoms. The lowest BCUT2D eigenvalue weighted by Crippen LogP contribution is -2.19. The number of nitrogens with zero attached hydrogens (tertiary/aromatic N) is 2. The van der Waals surface area contributed by atoms with E-state index in [9.17, 15) is 0 Å². The largest absolute Gasteiger partial charge is 0.310 e. The second-order valence-electron chi connectivity index (χ2n) is 5.11. The van der Waals surface area contributed by atoms with Crippen LogP contribution < -0.4 is 5.32 Å². The number of aryl methyl sites for hydroxylation is 1. The number of benzene rings is 1. The summed E-state index contributed by atoms with van der Waals surface area (Å²) in [6.07, 6.45) is 0. The van der Waals surface area contributed by atoms with Crippen LogP contribution in [0.5, 0.6) is 0 Å². The van der Waals surface area contributed by atoms with Gasteiger partial charge in [0.15, 0.2) is 0 Å². The zero-order chi connectivity index (χ0) is 14.7. The maximum Gasteiger partial charge on any atom is 0.0677 e. The highest BCUT2D eigenvalue weighted by atomic mass is 35.5. The Hall–Kier alpha value is -1.32. The predicted molar refractivity (Wildman–Crippen MR) is 84.3 cm³/mol. The number of nitrogens with one attached hydrogen (secondary N) is 1. The van der Waals surface area contributed by atoms with Gasteiger partial charge in [-0.2, -0.15) is 5.10 Å². The van der Waals surface area contributed by atoms with Crippen molar-refractivity contribution < 1.29 is 0 Å². The SMILES string of the molecule is CCNC(C)c1c(C)nn(Cc2ccccc2Cl)c1C. The Balaban J connectivity index is 2.31. The fraction of sp³-hybridized carbons (Fsp3) is 0.438. The van der Waals surface area contributed by atoms with Gasteiger partial charge < -0.3 is 5.32 Å². The number of aromatic nitrogens is 2. The molecule has 0 spiro atoms. The molecule has 2 aromatic rings. The lowest BCUT2D eigenvalue weighted by atomic mass is 10.1. The van der Waals surface area contributed by atoms with Gasteiger partial charge in [-0.15, -0.1) is 0 Å². The molecule has 1 aromatic heterocycles. The molecule has 0 saturated heterocycles. The Kier molecular flexibility index (Phi) is 4.84. The van der Waals surface area contributed by atoms with E-state index < -0.39 is 0 Å². The molecule has 0 fully saturated rings. The van der Waals surface area contributed by atoms with Crippen LogP contribution in [0.2, 0.25) is 5.02 Å². The molecule has 2 rings (SSSR count). The van der Waals surface area contributed by atoms with Crippen LogP contribution in [0.25, 0.3) is 0 Å². The molecule has 1 heterocycles. The fourth-order valence-electron chi connectivity index (χ4n) is 2.69. The van der Waals surface area contributed by atoms with Gasteiger partial charge in [-0.3, -0.25) is 4.68 Å². The zero-order valence-electron chi connectivity index (χ0n) is 12.6. The molecule has 3 nitrogen and oxygen atoms in total. The summed E-state index contributed by atoms with van der Waals surface area (Å²) >= 11 is 6.23. The van der Waals surface area contributed by atoms with Crippen LogP contribution in [0.3, 0.4) is 0 Å². The Bertz CT molecular complexity index is 589. The second kappa shape index (κ2) is 6.42. The van der Waals surface area contributed by atoms with Gasteiger partial charge in [0.25, 0.3) is 0 Å². The Morgan fingerprint density at radius 2 is 2.00 bits per heavy atom. The fourth-order valence-corrected chi connectivity index (χ4v) is 2.88. The van der Waals surface area contributed by atoms with Gasteiger partial charge in [0.1, 0.15) is 0 Å². The van der Waals surface area contributed by atoms with Crippen LogP contribution in [0, 0.1) is 13.8 Å². The molecule has 1 aromatic carbocycles. The topological polar surface area (TPSA) is 29.9 Å². The molecule has 20 heavy (non-hydrogen) atoms. The van der Waals surface area contributed by atoms with Gasteiger partial charge >= 0.3 is 0 Å². The van der Waals surface area contributed by atoms with Crippen molar-refractivity contribution in [2.75, 3.05) is 6.54 Å². The molecule has 0 radical (unpaired) electrons. The minimum absolute atomic E-state index is 0.319. The van der Waals surface area contributed by atoms with E-state index in [0.29, 0.717) is 12.6 Å². The normalized spacial score (nSPS) is 12.7. The smallest absolute Gasteiger partial charge is 0.0677 e. The van der Waals surface area contributed by atoms with E-state index in [1.807, 2.05) is 28.9 Å². The molecule has 0 amide bonds. The van der Waals surface area contributed by atoms with Crippen molar-refractivity contribution in [3.8, 4) is 0 Å². The van der Waals surface area contributed by atoms with Crippen molar-refractivity contribution in [3.63, 3.8) is 0 Å². The van der Waals surface area contributed by atoms with Crippen molar-refractivity contribution in [1.29, 1.82) is 0 Å². The van der Waals surface area contributed by atoms with E-state index >= 15 is 0 Å². The summed E-state index contributed by atoms with van der Waals surface area (Å²) in [6, 6.07) is 8.25. The highest BCUT2D eigenvalue weighted by Gasteiger charge is 2.17. The number of rotatable bonds is 5. The summed E-state index contributed by atoms with van der Waals surface area (Å²) in [5.74, 6) is 0. The molecule has 1 unspecified atom stereocenters. The van der Waals surface area contributed by atoms with Crippen molar-refractivity contribution in [3.05, 3.63) is 51.8 Å². The van der Waals surface area contributed by atoms with Gasteiger partial charge in [0.2, 0.25) is 0 Å². The van der Waals surface area contributed by atoms with E-state index in [-0.39, 0.29) is 0 Å². The summed E-state index contributed by atoms with van der Waals surface area (Å²) in [5.41, 5.74) is 4.68. The van der Waals surface area contributed by atoms with Gasteiger partial charge in [0.05, 0.1) is 12.2 Å². The van der Waals surface area contributed by atoms with E-state index in [2.05, 4.69) is 38.1 Å². The number of hydrogen-bond donors (Lipinski definition) is 1. The third-order valence-electron chi connectivity index (χ3n) is 3.66. The van der Waals surface area contributed by atoms with Crippen LogP contribution in [0.1, 0.15) is 42.4 Å². The van der Waals surface area contributed by atoms with Crippen molar-refractivity contribution in [2.24, 2.45) is 0 Å². The Morgan fingerprint density at radius 1 is 1.30 bits per heavy atom. The first kappa shape index (κ1) is 15.1. The first-order chi connectivity index (χ1) is 9.54. The van der Waals surface area contributed by atoms with Crippen LogP contribution in [0.15, 0.2) is 24.3 Å². The van der Waals surface area contributed by atoms with Crippen molar-refractivity contribution >= 4 is 11.6 Å². The zero-order valence-corrected chi connectivity index (χ0v) is 13.3. The van der Waals surface area contributed by atoms with Crippen LogP contribution in [-0.2, 0) is 6.54 Å². The molecular weight excluding hydrogens is 270 g/mol. The highest BCUT2D eigenvalue weighted by molar-refractivity contribution is 6.31. The highest BCUT2D eigenvalue weighted by Crippen LogP contribution is 2.23. The monoisotopic (exact) mass is 291 g/mol. The molecular formula is C16H22ClN3. The average Bonchev–Trinajstić information content (AvgIpc) is 2.67. The quantitative estimate of drug-likeness (QED) is 0.906. The lowest BCUT2D eigenvalue weighted by Gasteiger charge is -2.13. The first-order valence-electron chi connectivity index (χ1n) is 7.05. The summed E-state index contributed by atoms with van der Waals surface area (Å²) < 4.78 is 2.04. The van der Waals surface area contributed by atoms with Gasteiger partial charge in [-0.1, -0.05) is 36.7 Å². The maximum absolute atomic E-state index is 6.23. The molecule has 0 aliphatic heterocycles. The molecule has 4 heteroatoms. The predicted octanol–water partition coefficient (Wildman–Crippen LogP) is 3.87. The Morgan fingerprint density at radius 3 is 2.65 bits per heavy atom. The number of hydrogen-bond acceptors (Lipinski definition) is 2. The molecule has 0 aliphatic carbocycles. The summed E-state index contributed by atoms with van der Waals surface area (Å²) in [4.78, 5) is 0.